The predicted molar refractivity (Wildman–Crippen MR) is 48.5 cm³/mol. The second kappa shape index (κ2) is 4.72. The minimum atomic E-state index is -0.978. The van der Waals surface area contributed by atoms with E-state index in [4.69, 9.17) is 5.26 Å². The summed E-state index contributed by atoms with van der Waals surface area (Å²) in [6.07, 6.45) is 0. The van der Waals surface area contributed by atoms with Gasteiger partial charge in [0, 0.05) is 12.1 Å². The van der Waals surface area contributed by atoms with Crippen molar-refractivity contribution in [2.45, 2.75) is 6.61 Å². The molecular weight excluding hydrogens is 200 g/mol. The highest BCUT2D eigenvalue weighted by molar-refractivity contribution is 5.85. The van der Waals surface area contributed by atoms with Gasteiger partial charge in [-0.25, -0.2) is 4.79 Å². The highest BCUT2D eigenvalue weighted by atomic mass is 16.6. The zero-order valence-corrected chi connectivity index (χ0v) is 7.54. The summed E-state index contributed by atoms with van der Waals surface area (Å²) >= 11 is 0. The maximum absolute atomic E-state index is 10.5. The Bertz CT molecular complexity index is 419. The molecule has 0 aliphatic heterocycles. The first kappa shape index (κ1) is 10.7. The van der Waals surface area contributed by atoms with E-state index in [1.807, 2.05) is 0 Å². The SMILES string of the molecule is N#CC(=O)OCc1ccc([N+](=O)[O-])cc1. The van der Waals surface area contributed by atoms with Crippen molar-refractivity contribution >= 4 is 11.7 Å². The van der Waals surface area contributed by atoms with Crippen molar-refractivity contribution in [3.05, 3.63) is 39.9 Å². The number of ether oxygens (including phenoxy) is 1. The maximum atomic E-state index is 10.5. The van der Waals surface area contributed by atoms with Crippen LogP contribution >= 0.6 is 0 Å². The Kier molecular flexibility index (Phi) is 3.35. The summed E-state index contributed by atoms with van der Waals surface area (Å²) in [5.41, 5.74) is 0.551. The molecular formula is C9H6N2O4. The molecule has 0 aliphatic carbocycles. The van der Waals surface area contributed by atoms with E-state index in [0.717, 1.165) is 0 Å². The smallest absolute Gasteiger partial charge is 0.411 e. The van der Waals surface area contributed by atoms with Gasteiger partial charge < -0.3 is 4.74 Å². The summed E-state index contributed by atoms with van der Waals surface area (Å²) in [4.78, 5) is 20.2. The molecule has 0 N–H and O–H groups in total. The standard InChI is InChI=1S/C9H6N2O4/c10-5-9(12)15-6-7-1-3-8(4-2-7)11(13)14/h1-4H,6H2. The number of non-ortho nitro benzene ring substituents is 1. The van der Waals surface area contributed by atoms with Crippen LogP contribution in [0.15, 0.2) is 24.3 Å². The van der Waals surface area contributed by atoms with Crippen molar-refractivity contribution in [2.75, 3.05) is 0 Å². The van der Waals surface area contributed by atoms with Crippen molar-refractivity contribution < 1.29 is 14.5 Å². The predicted octanol–water partition coefficient (Wildman–Crippen LogP) is 1.16. The van der Waals surface area contributed by atoms with E-state index in [2.05, 4.69) is 4.74 Å². The molecule has 0 bridgehead atoms. The molecule has 6 nitrogen and oxygen atoms in total. The van der Waals surface area contributed by atoms with Gasteiger partial charge in [0.2, 0.25) is 0 Å². The van der Waals surface area contributed by atoms with Crippen LogP contribution in [0.1, 0.15) is 5.56 Å². The molecule has 0 unspecified atom stereocenters. The van der Waals surface area contributed by atoms with Crippen LogP contribution in [-0.2, 0) is 16.1 Å². The molecule has 1 rings (SSSR count). The number of rotatable bonds is 3. The van der Waals surface area contributed by atoms with E-state index in [1.165, 1.54) is 30.3 Å². The quantitative estimate of drug-likeness (QED) is 0.320. The van der Waals surface area contributed by atoms with Crippen molar-refractivity contribution in [1.82, 2.24) is 0 Å². The molecule has 76 valence electrons. The summed E-state index contributed by atoms with van der Waals surface area (Å²) < 4.78 is 4.51. The van der Waals surface area contributed by atoms with Gasteiger partial charge in [-0.3, -0.25) is 10.1 Å². The Morgan fingerprint density at radius 1 is 1.47 bits per heavy atom. The van der Waals surface area contributed by atoms with Crippen LogP contribution in [0.2, 0.25) is 0 Å². The summed E-state index contributed by atoms with van der Waals surface area (Å²) in [6.45, 7) is -0.0651. The second-order valence-electron chi connectivity index (χ2n) is 2.61. The van der Waals surface area contributed by atoms with Crippen molar-refractivity contribution in [3.8, 4) is 6.07 Å². The van der Waals surface area contributed by atoms with E-state index >= 15 is 0 Å². The third kappa shape index (κ3) is 3.08. The molecule has 0 aliphatic rings. The van der Waals surface area contributed by atoms with E-state index < -0.39 is 10.9 Å². The summed E-state index contributed by atoms with van der Waals surface area (Å²) in [6, 6.07) is 6.82. The van der Waals surface area contributed by atoms with Crippen molar-refractivity contribution in [2.24, 2.45) is 0 Å². The lowest BCUT2D eigenvalue weighted by Crippen LogP contribution is -2.00. The Balaban J connectivity index is 2.62. The van der Waals surface area contributed by atoms with Crippen molar-refractivity contribution in [1.29, 1.82) is 5.26 Å². The molecule has 0 saturated heterocycles. The first-order chi connectivity index (χ1) is 7.13. The number of benzene rings is 1. The number of nitro groups is 1. The number of nitriles is 1. The molecule has 0 heterocycles. The number of carbonyl (C=O) groups is 1. The summed E-state index contributed by atoms with van der Waals surface area (Å²) in [5, 5.41) is 18.4. The van der Waals surface area contributed by atoms with Crippen molar-refractivity contribution in [3.63, 3.8) is 0 Å². The Labute approximate surface area is 84.8 Å². The van der Waals surface area contributed by atoms with Crippen LogP contribution in [0.3, 0.4) is 0 Å². The Morgan fingerprint density at radius 2 is 2.07 bits per heavy atom. The van der Waals surface area contributed by atoms with Crippen LogP contribution in [0.25, 0.3) is 0 Å². The van der Waals surface area contributed by atoms with Gasteiger partial charge in [0.05, 0.1) is 4.92 Å². The lowest BCUT2D eigenvalue weighted by Gasteiger charge is -1.99. The van der Waals surface area contributed by atoms with Crippen LogP contribution < -0.4 is 0 Å². The van der Waals surface area contributed by atoms with Gasteiger partial charge >= 0.3 is 5.97 Å². The average Bonchev–Trinajstić information content (AvgIpc) is 2.26. The fraction of sp³-hybridized carbons (Fsp3) is 0.111. The molecule has 6 heteroatoms. The highest BCUT2D eigenvalue weighted by Crippen LogP contribution is 2.12. The molecule has 1 aromatic rings. The third-order valence-electron chi connectivity index (χ3n) is 1.61. The first-order valence-electron chi connectivity index (χ1n) is 3.93. The zero-order valence-electron chi connectivity index (χ0n) is 7.54. The van der Waals surface area contributed by atoms with Gasteiger partial charge in [-0.2, -0.15) is 5.26 Å². The number of carbonyl (C=O) groups excluding carboxylic acids is 1. The van der Waals surface area contributed by atoms with E-state index in [0.29, 0.717) is 5.56 Å². The fourth-order valence-electron chi connectivity index (χ4n) is 0.895. The fourth-order valence-corrected chi connectivity index (χ4v) is 0.895. The average molecular weight is 206 g/mol. The first-order valence-corrected chi connectivity index (χ1v) is 3.93. The molecule has 1 aromatic carbocycles. The molecule has 0 saturated carbocycles. The maximum Gasteiger partial charge on any atom is 0.411 e. The van der Waals surface area contributed by atoms with Gasteiger partial charge in [-0.15, -0.1) is 0 Å². The second-order valence-corrected chi connectivity index (χ2v) is 2.61. The van der Waals surface area contributed by atoms with Crippen LogP contribution in [-0.4, -0.2) is 10.9 Å². The Hall–Kier alpha value is -2.42. The summed E-state index contributed by atoms with van der Waals surface area (Å²) in [5.74, 6) is -0.978. The van der Waals surface area contributed by atoms with Gasteiger partial charge in [0.25, 0.3) is 5.69 Å². The van der Waals surface area contributed by atoms with Crippen LogP contribution in [0, 0.1) is 21.4 Å². The van der Waals surface area contributed by atoms with Gasteiger partial charge in [0.15, 0.2) is 6.07 Å². The summed E-state index contributed by atoms with van der Waals surface area (Å²) in [7, 11) is 0. The molecule has 0 fully saturated rings. The molecule has 0 radical (unpaired) electrons. The van der Waals surface area contributed by atoms with Gasteiger partial charge in [-0.1, -0.05) is 0 Å². The number of hydrogen-bond donors (Lipinski definition) is 0. The number of hydrogen-bond acceptors (Lipinski definition) is 5. The molecule has 0 spiro atoms. The monoisotopic (exact) mass is 206 g/mol. The Morgan fingerprint density at radius 3 is 2.53 bits per heavy atom. The van der Waals surface area contributed by atoms with E-state index in [-0.39, 0.29) is 12.3 Å². The lowest BCUT2D eigenvalue weighted by atomic mass is 10.2. The van der Waals surface area contributed by atoms with Gasteiger partial charge in [-0.05, 0) is 17.7 Å². The minimum Gasteiger partial charge on any atom is -0.450 e. The highest BCUT2D eigenvalue weighted by Gasteiger charge is 2.05. The topological polar surface area (TPSA) is 93.2 Å². The minimum absolute atomic E-state index is 0.0367. The largest absolute Gasteiger partial charge is 0.450 e. The molecule has 0 atom stereocenters. The number of esters is 1. The van der Waals surface area contributed by atoms with E-state index in [1.54, 1.807) is 0 Å². The van der Waals surface area contributed by atoms with Crippen LogP contribution in [0.4, 0.5) is 5.69 Å². The zero-order chi connectivity index (χ0) is 11.3. The number of nitro benzene ring substituents is 1. The molecule has 15 heavy (non-hydrogen) atoms. The lowest BCUT2D eigenvalue weighted by molar-refractivity contribution is -0.384. The third-order valence-corrected chi connectivity index (χ3v) is 1.61. The van der Waals surface area contributed by atoms with E-state index in [9.17, 15) is 14.9 Å². The normalized spacial score (nSPS) is 9.00. The molecule has 0 aromatic heterocycles. The van der Waals surface area contributed by atoms with Gasteiger partial charge in [0.1, 0.15) is 6.61 Å². The molecule has 0 amide bonds. The number of nitrogens with zero attached hydrogens (tertiary/aromatic N) is 2. The van der Waals surface area contributed by atoms with Crippen LogP contribution in [0.5, 0.6) is 0 Å².